The topological polar surface area (TPSA) is 88.9 Å². The molecule has 0 N–H and O–H groups in total. The number of benzene rings is 1. The van der Waals surface area contributed by atoms with E-state index in [4.69, 9.17) is 0 Å². The average Bonchev–Trinajstić information content (AvgIpc) is 3.33. The molecule has 1 aromatic carbocycles. The molecular formula is C19H17F3N6O2S. The predicted octanol–water partition coefficient (Wildman–Crippen LogP) is 4.26. The molecular weight excluding hydrogens is 433 g/mol. The van der Waals surface area contributed by atoms with Crippen LogP contribution in [0.3, 0.4) is 0 Å². The molecule has 0 aliphatic rings. The summed E-state index contributed by atoms with van der Waals surface area (Å²) in [6.07, 6.45) is -0.0466. The zero-order chi connectivity index (χ0) is 22.4. The molecule has 3 aromatic heterocycles. The van der Waals surface area contributed by atoms with Gasteiger partial charge in [-0.3, -0.25) is 0 Å². The molecule has 0 aliphatic carbocycles. The number of aromatic nitrogens is 4. The van der Waals surface area contributed by atoms with Crippen LogP contribution >= 0.6 is 0 Å². The third-order valence-corrected chi connectivity index (χ3v) is 6.08. The van der Waals surface area contributed by atoms with E-state index in [9.17, 15) is 17.4 Å². The first-order valence-electron chi connectivity index (χ1n) is 8.92. The van der Waals surface area contributed by atoms with Crippen molar-refractivity contribution in [1.82, 2.24) is 19.5 Å². The molecule has 0 fully saturated rings. The second-order valence-corrected chi connectivity index (χ2v) is 9.25. The zero-order valence-corrected chi connectivity index (χ0v) is 17.5. The fourth-order valence-electron chi connectivity index (χ4n) is 2.84. The first kappa shape index (κ1) is 20.8. The number of hydrogen-bond donors (Lipinski definition) is 0. The van der Waals surface area contributed by atoms with Crippen molar-refractivity contribution in [2.75, 3.05) is 25.3 Å². The fraction of sp³-hybridized carbons (Fsp3) is 0.211. The quantitative estimate of drug-likeness (QED) is 0.462. The lowest BCUT2D eigenvalue weighted by atomic mass is 10.2. The minimum Gasteiger partial charge on any atom is -0.378 e. The molecule has 162 valence electrons. The normalized spacial score (nSPS) is 13.9. The molecule has 3 heterocycles. The molecule has 0 saturated carbocycles. The van der Waals surface area contributed by atoms with Crippen LogP contribution < -0.4 is 4.90 Å². The Hall–Kier alpha value is -3.41. The second kappa shape index (κ2) is 7.38. The van der Waals surface area contributed by atoms with E-state index in [1.807, 2.05) is 25.1 Å². The summed E-state index contributed by atoms with van der Waals surface area (Å²) in [7, 11) is 0.983. The van der Waals surface area contributed by atoms with Gasteiger partial charge in [-0.1, -0.05) is 11.2 Å². The lowest BCUT2D eigenvalue weighted by Crippen LogP contribution is -2.09. The number of halogens is 3. The molecule has 1 unspecified atom stereocenters. The van der Waals surface area contributed by atoms with E-state index in [-0.39, 0.29) is 11.6 Å². The van der Waals surface area contributed by atoms with Crippen molar-refractivity contribution in [2.45, 2.75) is 11.1 Å². The van der Waals surface area contributed by atoms with E-state index in [0.717, 1.165) is 5.69 Å². The molecule has 0 radical (unpaired) electrons. The van der Waals surface area contributed by atoms with E-state index in [0.29, 0.717) is 16.1 Å². The van der Waals surface area contributed by atoms with Crippen LogP contribution in [0.25, 0.3) is 17.0 Å². The summed E-state index contributed by atoms with van der Waals surface area (Å²) in [5, 5.41) is 3.37. The molecule has 0 saturated heterocycles. The largest absolute Gasteiger partial charge is 0.471 e. The lowest BCUT2D eigenvalue weighted by molar-refractivity contribution is -0.159. The van der Waals surface area contributed by atoms with Crippen molar-refractivity contribution in [3.8, 4) is 11.4 Å². The van der Waals surface area contributed by atoms with Crippen molar-refractivity contribution < 1.29 is 21.9 Å². The number of rotatable bonds is 4. The summed E-state index contributed by atoms with van der Waals surface area (Å²) in [4.78, 5) is 10.1. The maximum Gasteiger partial charge on any atom is 0.471 e. The minimum absolute atomic E-state index is 0.212. The van der Waals surface area contributed by atoms with E-state index in [1.54, 1.807) is 35.0 Å². The first-order valence-corrected chi connectivity index (χ1v) is 10.8. The van der Waals surface area contributed by atoms with Crippen molar-refractivity contribution in [3.63, 3.8) is 0 Å². The molecule has 4 aromatic rings. The Morgan fingerprint density at radius 2 is 1.94 bits per heavy atom. The molecule has 0 bridgehead atoms. The fourth-order valence-corrected chi connectivity index (χ4v) is 4.06. The number of imidazole rings is 1. The van der Waals surface area contributed by atoms with E-state index in [2.05, 4.69) is 24.0 Å². The number of fused-ring (bicyclic) bond motifs is 1. The van der Waals surface area contributed by atoms with Crippen LogP contribution in [0, 0.1) is 0 Å². The van der Waals surface area contributed by atoms with Crippen molar-refractivity contribution in [2.24, 2.45) is 4.36 Å². The van der Waals surface area contributed by atoms with Gasteiger partial charge in [0, 0.05) is 42.7 Å². The highest BCUT2D eigenvalue weighted by Gasteiger charge is 2.38. The van der Waals surface area contributed by atoms with Crippen LogP contribution in [0.1, 0.15) is 5.89 Å². The number of alkyl halides is 3. The van der Waals surface area contributed by atoms with Crippen molar-refractivity contribution in [3.05, 3.63) is 54.7 Å². The zero-order valence-electron chi connectivity index (χ0n) is 16.7. The Kier molecular flexibility index (Phi) is 4.96. The molecule has 0 amide bonds. The second-order valence-electron chi connectivity index (χ2n) is 6.99. The van der Waals surface area contributed by atoms with Gasteiger partial charge in [0.1, 0.15) is 5.65 Å². The van der Waals surface area contributed by atoms with Crippen LogP contribution in [0.5, 0.6) is 0 Å². The van der Waals surface area contributed by atoms with Gasteiger partial charge in [0.15, 0.2) is 5.82 Å². The Labute approximate surface area is 175 Å². The molecule has 1 atom stereocenters. The third-order valence-electron chi connectivity index (χ3n) is 4.41. The molecule has 0 aliphatic heterocycles. The van der Waals surface area contributed by atoms with Crippen LogP contribution in [0.15, 0.2) is 62.6 Å². The molecule has 8 nitrogen and oxygen atoms in total. The van der Waals surface area contributed by atoms with Gasteiger partial charge in [-0.2, -0.15) is 22.5 Å². The van der Waals surface area contributed by atoms with Gasteiger partial charge in [-0.15, -0.1) is 0 Å². The van der Waals surface area contributed by atoms with E-state index >= 15 is 0 Å². The monoisotopic (exact) mass is 450 g/mol. The number of anilines is 1. The average molecular weight is 450 g/mol. The summed E-state index contributed by atoms with van der Waals surface area (Å²) in [5.74, 6) is -1.41. The Balaban J connectivity index is 1.70. The van der Waals surface area contributed by atoms with Gasteiger partial charge >= 0.3 is 12.1 Å². The van der Waals surface area contributed by atoms with Crippen molar-refractivity contribution in [1.29, 1.82) is 0 Å². The molecule has 12 heteroatoms. The van der Waals surface area contributed by atoms with E-state index in [1.165, 1.54) is 18.4 Å². The van der Waals surface area contributed by atoms with Crippen LogP contribution in [-0.4, -0.2) is 44.1 Å². The van der Waals surface area contributed by atoms with Gasteiger partial charge in [0.25, 0.3) is 0 Å². The number of pyridine rings is 1. The number of nitrogens with zero attached hydrogens (tertiary/aromatic N) is 6. The Bertz CT molecular complexity index is 1380. The van der Waals surface area contributed by atoms with Gasteiger partial charge in [-0.25, -0.2) is 9.19 Å². The summed E-state index contributed by atoms with van der Waals surface area (Å²) >= 11 is 0. The smallest absolute Gasteiger partial charge is 0.378 e. The molecule has 4 rings (SSSR count). The van der Waals surface area contributed by atoms with Crippen LogP contribution in [-0.2, 0) is 15.9 Å². The summed E-state index contributed by atoms with van der Waals surface area (Å²) in [6.45, 7) is 0. The van der Waals surface area contributed by atoms with E-state index < -0.39 is 21.8 Å². The maximum absolute atomic E-state index is 13.2. The highest BCUT2D eigenvalue weighted by molar-refractivity contribution is 7.93. The maximum atomic E-state index is 13.2. The van der Waals surface area contributed by atoms with Gasteiger partial charge in [-0.05, 0) is 30.3 Å². The van der Waals surface area contributed by atoms with Crippen LogP contribution in [0.4, 0.5) is 24.7 Å². The van der Waals surface area contributed by atoms with Gasteiger partial charge in [0.05, 0.1) is 15.9 Å². The van der Waals surface area contributed by atoms with Gasteiger partial charge < -0.3 is 13.8 Å². The summed E-state index contributed by atoms with van der Waals surface area (Å²) in [5.41, 5.74) is 1.56. The van der Waals surface area contributed by atoms with Crippen molar-refractivity contribution >= 4 is 26.9 Å². The number of hydrogen-bond acceptors (Lipinski definition) is 7. The lowest BCUT2D eigenvalue weighted by Gasteiger charge is -2.13. The summed E-state index contributed by atoms with van der Waals surface area (Å²) in [6, 6.07) is 10.3. The predicted molar refractivity (Wildman–Crippen MR) is 109 cm³/mol. The summed E-state index contributed by atoms with van der Waals surface area (Å²) < 4.78 is 61.5. The first-order chi connectivity index (χ1) is 14.5. The highest BCUT2D eigenvalue weighted by Crippen LogP contribution is 2.30. The molecule has 0 spiro atoms. The standard InChI is InChI=1S/C19H17F3N6O2S/c1-27(2)13-5-4-6-14(10-13)31(3,29)26-15-11-28-8-7-12(9-16(28)23-15)17-24-18(30-25-17)19(20,21)22/h4-11H,1-3H3. The third kappa shape index (κ3) is 4.24. The Morgan fingerprint density at radius 1 is 1.16 bits per heavy atom. The SMILES string of the molecule is CN(C)c1cccc(S(C)(=O)=Nc2cn3ccc(-c4noc(C(F)(F)F)n4)cc3n2)c1. The molecule has 31 heavy (non-hydrogen) atoms. The highest BCUT2D eigenvalue weighted by atomic mass is 32.2. The van der Waals surface area contributed by atoms with Gasteiger partial charge in [0.2, 0.25) is 5.82 Å². The minimum atomic E-state index is -4.72. The van der Waals surface area contributed by atoms with Crippen LogP contribution in [0.2, 0.25) is 0 Å². The Morgan fingerprint density at radius 3 is 2.61 bits per heavy atom.